The summed E-state index contributed by atoms with van der Waals surface area (Å²) in [5.41, 5.74) is 1.67. The second-order valence-corrected chi connectivity index (χ2v) is 5.94. The van der Waals surface area contributed by atoms with E-state index in [1.165, 1.54) is 6.07 Å². The summed E-state index contributed by atoms with van der Waals surface area (Å²) in [5.74, 6) is 0.671. The van der Waals surface area contributed by atoms with Crippen molar-refractivity contribution < 1.29 is 13.2 Å². The molecule has 0 fully saturated rings. The molecular formula is C13H16N2O3S. The molecular weight excluding hydrogens is 264 g/mol. The number of nitrogens with one attached hydrogen (secondary N) is 2. The van der Waals surface area contributed by atoms with E-state index in [0.29, 0.717) is 5.75 Å². The summed E-state index contributed by atoms with van der Waals surface area (Å²) in [7, 11) is -1.95. The van der Waals surface area contributed by atoms with Gasteiger partial charge in [0.15, 0.2) is 0 Å². The van der Waals surface area contributed by atoms with Crippen LogP contribution in [0.25, 0.3) is 0 Å². The van der Waals surface area contributed by atoms with Gasteiger partial charge in [-0.3, -0.25) is 0 Å². The van der Waals surface area contributed by atoms with Crippen LogP contribution in [-0.4, -0.2) is 20.5 Å². The lowest BCUT2D eigenvalue weighted by Gasteiger charge is -2.09. The first-order valence-corrected chi connectivity index (χ1v) is 7.27. The lowest BCUT2D eigenvalue weighted by molar-refractivity contribution is 0.411. The van der Waals surface area contributed by atoms with Crippen LogP contribution in [0.1, 0.15) is 11.1 Å². The third-order valence-electron chi connectivity index (χ3n) is 2.81. The molecule has 0 atom stereocenters. The van der Waals surface area contributed by atoms with Crippen LogP contribution in [0.3, 0.4) is 0 Å². The number of methoxy groups -OCH3 is 1. The molecule has 0 saturated carbocycles. The van der Waals surface area contributed by atoms with E-state index < -0.39 is 10.0 Å². The molecule has 1 heterocycles. The third kappa shape index (κ3) is 3.15. The molecule has 0 bridgehead atoms. The molecule has 2 N–H and O–H groups in total. The number of ether oxygens (including phenoxy) is 1. The predicted octanol–water partition coefficient (Wildman–Crippen LogP) is 1.81. The van der Waals surface area contributed by atoms with Crippen molar-refractivity contribution in [3.63, 3.8) is 0 Å². The van der Waals surface area contributed by atoms with E-state index >= 15 is 0 Å². The minimum Gasteiger partial charge on any atom is -0.496 e. The smallest absolute Gasteiger partial charge is 0.240 e. The van der Waals surface area contributed by atoms with Crippen molar-refractivity contribution in [2.45, 2.75) is 18.4 Å². The molecule has 2 aromatic rings. The fraction of sp³-hybridized carbons (Fsp3) is 0.231. The van der Waals surface area contributed by atoms with Gasteiger partial charge in [-0.1, -0.05) is 0 Å². The summed E-state index contributed by atoms with van der Waals surface area (Å²) in [6.07, 6.45) is 3.50. The molecule has 0 aliphatic carbocycles. The number of benzene rings is 1. The minimum absolute atomic E-state index is 0.237. The molecule has 5 nitrogen and oxygen atoms in total. The highest BCUT2D eigenvalue weighted by molar-refractivity contribution is 7.89. The van der Waals surface area contributed by atoms with Crippen molar-refractivity contribution in [1.29, 1.82) is 0 Å². The molecule has 2 rings (SSSR count). The van der Waals surface area contributed by atoms with E-state index in [2.05, 4.69) is 9.71 Å². The summed E-state index contributed by atoms with van der Waals surface area (Å²) in [6, 6.07) is 6.60. The average Bonchev–Trinajstić information content (AvgIpc) is 2.89. The van der Waals surface area contributed by atoms with Gasteiger partial charge in [0.1, 0.15) is 5.75 Å². The number of sulfonamides is 1. The van der Waals surface area contributed by atoms with Crippen LogP contribution in [0.2, 0.25) is 0 Å². The standard InChI is InChI=1S/C13H16N2O3S/c1-10-7-12(3-4-13(10)18-2)19(16,17)15-9-11-5-6-14-8-11/h3-8,14-15H,9H2,1-2H3. The molecule has 6 heteroatoms. The molecule has 0 radical (unpaired) electrons. The number of aromatic nitrogens is 1. The molecule has 0 amide bonds. The van der Waals surface area contributed by atoms with Crippen LogP contribution in [-0.2, 0) is 16.6 Å². The Morgan fingerprint density at radius 3 is 2.68 bits per heavy atom. The Hall–Kier alpha value is -1.79. The number of aromatic amines is 1. The Kier molecular flexibility index (Phi) is 3.92. The van der Waals surface area contributed by atoms with Crippen LogP contribution in [0, 0.1) is 6.92 Å². The van der Waals surface area contributed by atoms with Gasteiger partial charge in [-0.15, -0.1) is 0 Å². The van der Waals surface area contributed by atoms with Crippen molar-refractivity contribution in [1.82, 2.24) is 9.71 Å². The summed E-state index contributed by atoms with van der Waals surface area (Å²) in [4.78, 5) is 3.12. The first kappa shape index (κ1) is 13.6. The zero-order chi connectivity index (χ0) is 13.9. The van der Waals surface area contributed by atoms with Gasteiger partial charge in [0.2, 0.25) is 10.0 Å². The van der Waals surface area contributed by atoms with Crippen LogP contribution in [0.4, 0.5) is 0 Å². The van der Waals surface area contributed by atoms with Crippen molar-refractivity contribution in [3.8, 4) is 5.75 Å². The molecule has 0 aliphatic heterocycles. The highest BCUT2D eigenvalue weighted by Crippen LogP contribution is 2.21. The average molecular weight is 280 g/mol. The Bertz CT molecular complexity index is 649. The first-order chi connectivity index (χ1) is 9.03. The predicted molar refractivity (Wildman–Crippen MR) is 72.5 cm³/mol. The summed E-state index contributed by atoms with van der Waals surface area (Å²) < 4.78 is 31.9. The number of hydrogen-bond donors (Lipinski definition) is 2. The van der Waals surface area contributed by atoms with E-state index in [0.717, 1.165) is 11.1 Å². The van der Waals surface area contributed by atoms with Crippen molar-refractivity contribution in [3.05, 3.63) is 47.8 Å². The van der Waals surface area contributed by atoms with Gasteiger partial charge < -0.3 is 9.72 Å². The summed E-state index contributed by atoms with van der Waals surface area (Å²) in [6.45, 7) is 2.07. The first-order valence-electron chi connectivity index (χ1n) is 5.79. The number of aryl methyl sites for hydroxylation is 1. The fourth-order valence-corrected chi connectivity index (χ4v) is 2.85. The van der Waals surface area contributed by atoms with E-state index in [9.17, 15) is 8.42 Å². The maximum atomic E-state index is 12.1. The highest BCUT2D eigenvalue weighted by Gasteiger charge is 2.15. The summed E-state index contributed by atoms with van der Waals surface area (Å²) in [5, 5.41) is 0. The lowest BCUT2D eigenvalue weighted by Crippen LogP contribution is -2.23. The molecule has 19 heavy (non-hydrogen) atoms. The zero-order valence-corrected chi connectivity index (χ0v) is 11.6. The van der Waals surface area contributed by atoms with Gasteiger partial charge in [0, 0.05) is 18.9 Å². The largest absolute Gasteiger partial charge is 0.496 e. The van der Waals surface area contributed by atoms with Gasteiger partial charge in [0.05, 0.1) is 12.0 Å². The Morgan fingerprint density at radius 2 is 2.11 bits per heavy atom. The lowest BCUT2D eigenvalue weighted by atomic mass is 10.2. The van der Waals surface area contributed by atoms with Gasteiger partial charge >= 0.3 is 0 Å². The second-order valence-electron chi connectivity index (χ2n) is 4.18. The molecule has 0 saturated heterocycles. The normalized spacial score (nSPS) is 11.5. The molecule has 0 unspecified atom stereocenters. The van der Waals surface area contributed by atoms with E-state index in [1.54, 1.807) is 31.6 Å². The molecule has 0 spiro atoms. The molecule has 1 aromatic carbocycles. The third-order valence-corrected chi connectivity index (χ3v) is 4.20. The molecule has 102 valence electrons. The van der Waals surface area contributed by atoms with Crippen LogP contribution < -0.4 is 9.46 Å². The monoisotopic (exact) mass is 280 g/mol. The van der Waals surface area contributed by atoms with Crippen LogP contribution in [0.15, 0.2) is 41.6 Å². The van der Waals surface area contributed by atoms with Gasteiger partial charge in [-0.2, -0.15) is 0 Å². The molecule has 0 aliphatic rings. The van der Waals surface area contributed by atoms with Crippen molar-refractivity contribution in [2.24, 2.45) is 0 Å². The Labute approximate surface area is 112 Å². The fourth-order valence-electron chi connectivity index (χ4n) is 1.75. The maximum Gasteiger partial charge on any atom is 0.240 e. The number of hydrogen-bond acceptors (Lipinski definition) is 3. The number of rotatable bonds is 5. The van der Waals surface area contributed by atoms with Gasteiger partial charge in [-0.05, 0) is 42.3 Å². The van der Waals surface area contributed by atoms with E-state index in [-0.39, 0.29) is 11.4 Å². The van der Waals surface area contributed by atoms with Crippen molar-refractivity contribution >= 4 is 10.0 Å². The van der Waals surface area contributed by atoms with Gasteiger partial charge in [-0.25, -0.2) is 13.1 Å². The van der Waals surface area contributed by atoms with Crippen LogP contribution >= 0.6 is 0 Å². The topological polar surface area (TPSA) is 71.2 Å². The summed E-state index contributed by atoms with van der Waals surface area (Å²) >= 11 is 0. The molecule has 1 aromatic heterocycles. The number of H-pyrrole nitrogens is 1. The minimum atomic E-state index is -3.50. The highest BCUT2D eigenvalue weighted by atomic mass is 32.2. The Balaban J connectivity index is 2.17. The zero-order valence-electron chi connectivity index (χ0n) is 10.8. The quantitative estimate of drug-likeness (QED) is 0.877. The maximum absolute atomic E-state index is 12.1. The second kappa shape index (κ2) is 5.46. The van der Waals surface area contributed by atoms with Crippen LogP contribution in [0.5, 0.6) is 5.75 Å². The van der Waals surface area contributed by atoms with E-state index in [4.69, 9.17) is 4.74 Å². The van der Waals surface area contributed by atoms with Gasteiger partial charge in [0.25, 0.3) is 0 Å². The SMILES string of the molecule is COc1ccc(S(=O)(=O)NCc2cc[nH]c2)cc1C. The van der Waals surface area contributed by atoms with E-state index in [1.807, 2.05) is 13.0 Å². The van der Waals surface area contributed by atoms with Crippen molar-refractivity contribution in [2.75, 3.05) is 7.11 Å². The Morgan fingerprint density at radius 1 is 1.32 bits per heavy atom.